The minimum atomic E-state index is -6.00. The van der Waals surface area contributed by atoms with Crippen molar-refractivity contribution in [2.24, 2.45) is 0 Å². The Kier molecular flexibility index (Phi) is 10.8. The van der Waals surface area contributed by atoms with Crippen LogP contribution in [0.2, 0.25) is 0 Å². The smallest absolute Gasteiger partial charge is 0.497 e. The van der Waals surface area contributed by atoms with E-state index in [1.165, 1.54) is 12.8 Å². The summed E-state index contributed by atoms with van der Waals surface area (Å²) in [6.07, 6.45) is 3.46. The number of halogens is 4. The van der Waals surface area contributed by atoms with E-state index in [4.69, 9.17) is 18.6 Å². The molecule has 39 heavy (non-hydrogen) atoms. The van der Waals surface area contributed by atoms with Crippen LogP contribution in [0, 0.1) is 0 Å². The predicted molar refractivity (Wildman–Crippen MR) is 148 cm³/mol. The molecule has 0 N–H and O–H groups in total. The van der Waals surface area contributed by atoms with Crippen LogP contribution in [-0.4, -0.2) is 28.1 Å². The van der Waals surface area contributed by atoms with Crippen LogP contribution in [0.5, 0.6) is 17.2 Å². The van der Waals surface area contributed by atoms with Crippen molar-refractivity contribution in [3.05, 3.63) is 84.9 Å². The van der Waals surface area contributed by atoms with E-state index in [1.807, 2.05) is 60.7 Å². The third-order valence-corrected chi connectivity index (χ3v) is 5.75. The van der Waals surface area contributed by atoms with E-state index in [9.17, 15) is 17.3 Å². The third kappa shape index (κ3) is 9.67. The molecule has 0 spiro atoms. The summed E-state index contributed by atoms with van der Waals surface area (Å²) in [6, 6.07) is 28.2. The van der Waals surface area contributed by atoms with Gasteiger partial charge in [-0.3, -0.25) is 0 Å². The minimum Gasteiger partial charge on any atom is -0.497 e. The fourth-order valence-corrected chi connectivity index (χ4v) is 3.75. The first-order valence-corrected chi connectivity index (χ1v) is 12.6. The molecule has 0 fully saturated rings. The van der Waals surface area contributed by atoms with Gasteiger partial charge in [0.2, 0.25) is 0 Å². The number of unbranched alkanes of at least 4 members (excludes halogenated alkanes) is 2. The van der Waals surface area contributed by atoms with Crippen LogP contribution in [0.4, 0.5) is 17.3 Å². The van der Waals surface area contributed by atoms with Crippen molar-refractivity contribution < 1.29 is 35.9 Å². The van der Waals surface area contributed by atoms with E-state index in [1.54, 1.807) is 14.2 Å². The molecular formula is C30H31BF4O4. The average Bonchev–Trinajstić information content (AvgIpc) is 2.94. The number of rotatable bonds is 10. The van der Waals surface area contributed by atoms with Crippen molar-refractivity contribution in [3.8, 4) is 51.0 Å². The molecule has 4 nitrogen and oxygen atoms in total. The van der Waals surface area contributed by atoms with Gasteiger partial charge in [0, 0.05) is 5.56 Å². The maximum Gasteiger partial charge on any atom is 0.673 e. The summed E-state index contributed by atoms with van der Waals surface area (Å²) in [6.45, 7) is 2.95. The summed E-state index contributed by atoms with van der Waals surface area (Å²) in [5.74, 6) is 4.08. The van der Waals surface area contributed by atoms with Gasteiger partial charge >= 0.3 is 18.8 Å². The highest BCUT2D eigenvalue weighted by Gasteiger charge is 2.21. The van der Waals surface area contributed by atoms with Crippen LogP contribution in [0.3, 0.4) is 0 Å². The van der Waals surface area contributed by atoms with Crippen molar-refractivity contribution >= 4 is 7.25 Å². The zero-order valence-corrected chi connectivity index (χ0v) is 22.1. The Labute approximate surface area is 226 Å². The van der Waals surface area contributed by atoms with Gasteiger partial charge in [0.1, 0.15) is 17.2 Å². The molecule has 0 amide bonds. The zero-order valence-electron chi connectivity index (χ0n) is 22.1. The van der Waals surface area contributed by atoms with Gasteiger partial charge in [-0.25, -0.2) is 4.42 Å². The molecule has 0 atom stereocenters. The second-order valence-electron chi connectivity index (χ2n) is 8.61. The van der Waals surface area contributed by atoms with Crippen molar-refractivity contribution in [1.82, 2.24) is 0 Å². The molecule has 0 aliphatic carbocycles. The van der Waals surface area contributed by atoms with Crippen LogP contribution < -0.4 is 14.2 Å². The SMILES string of the molecule is CCCCCOc1ccc(-c2cc(-c3ccc(OC)cc3)[o+]c(-c3ccc(OC)cc3)c2)cc1.F[B-](F)(F)F. The summed E-state index contributed by atoms with van der Waals surface area (Å²) >= 11 is 0. The van der Waals surface area contributed by atoms with Crippen LogP contribution >= 0.6 is 0 Å². The summed E-state index contributed by atoms with van der Waals surface area (Å²) in [4.78, 5) is 0. The monoisotopic (exact) mass is 542 g/mol. The molecule has 0 aliphatic rings. The highest BCUT2D eigenvalue weighted by atomic mass is 19.5. The molecule has 0 aliphatic heterocycles. The average molecular weight is 542 g/mol. The molecule has 0 bridgehead atoms. The Bertz CT molecular complexity index is 1220. The van der Waals surface area contributed by atoms with Gasteiger partial charge in [0.05, 0.1) is 44.1 Å². The number of benzene rings is 3. The lowest BCUT2D eigenvalue weighted by Gasteiger charge is -2.07. The van der Waals surface area contributed by atoms with Gasteiger partial charge in [0.25, 0.3) is 0 Å². The molecule has 206 valence electrons. The van der Waals surface area contributed by atoms with Gasteiger partial charge in [-0.15, -0.1) is 0 Å². The van der Waals surface area contributed by atoms with E-state index in [2.05, 4.69) is 31.2 Å². The second-order valence-corrected chi connectivity index (χ2v) is 8.61. The summed E-state index contributed by atoms with van der Waals surface area (Å²) < 4.78 is 61.9. The van der Waals surface area contributed by atoms with Gasteiger partial charge in [-0.2, -0.15) is 0 Å². The molecule has 4 aromatic rings. The molecule has 1 heterocycles. The molecule has 0 unspecified atom stereocenters. The van der Waals surface area contributed by atoms with E-state index in [-0.39, 0.29) is 0 Å². The van der Waals surface area contributed by atoms with Crippen LogP contribution in [0.25, 0.3) is 33.8 Å². The topological polar surface area (TPSA) is 39.0 Å². The van der Waals surface area contributed by atoms with E-state index < -0.39 is 7.25 Å². The molecule has 9 heteroatoms. The Morgan fingerprint density at radius 2 is 1.00 bits per heavy atom. The predicted octanol–water partition coefficient (Wildman–Crippen LogP) is 9.45. The van der Waals surface area contributed by atoms with Crippen molar-refractivity contribution in [1.29, 1.82) is 0 Å². The first-order chi connectivity index (χ1) is 18.7. The number of methoxy groups -OCH3 is 2. The highest BCUT2D eigenvalue weighted by molar-refractivity contribution is 6.50. The van der Waals surface area contributed by atoms with Gasteiger partial charge in [-0.05, 0) is 72.6 Å². The largest absolute Gasteiger partial charge is 0.673 e. The highest BCUT2D eigenvalue weighted by Crippen LogP contribution is 2.34. The second kappa shape index (κ2) is 14.2. The van der Waals surface area contributed by atoms with E-state index >= 15 is 0 Å². The maximum atomic E-state index is 9.75. The molecule has 0 radical (unpaired) electrons. The Balaban J connectivity index is 0.000000771. The maximum absolute atomic E-state index is 9.75. The van der Waals surface area contributed by atoms with Crippen LogP contribution in [-0.2, 0) is 0 Å². The van der Waals surface area contributed by atoms with E-state index in [0.29, 0.717) is 0 Å². The number of ether oxygens (including phenoxy) is 3. The lowest BCUT2D eigenvalue weighted by Crippen LogP contribution is -2.02. The van der Waals surface area contributed by atoms with Crippen molar-refractivity contribution in [2.45, 2.75) is 26.2 Å². The van der Waals surface area contributed by atoms with Gasteiger partial charge in [-0.1, -0.05) is 31.9 Å². The summed E-state index contributed by atoms with van der Waals surface area (Å²) in [7, 11) is -2.67. The Hall–Kier alpha value is -4.01. The lowest BCUT2D eigenvalue weighted by molar-refractivity contribution is 0.306. The van der Waals surface area contributed by atoms with Crippen LogP contribution in [0.1, 0.15) is 26.2 Å². The molecule has 3 aromatic carbocycles. The number of hydrogen-bond acceptors (Lipinski definition) is 3. The fourth-order valence-electron chi connectivity index (χ4n) is 3.75. The fraction of sp³-hybridized carbons (Fsp3) is 0.233. The molecular weight excluding hydrogens is 511 g/mol. The normalized spacial score (nSPS) is 10.8. The van der Waals surface area contributed by atoms with Crippen LogP contribution in [0.15, 0.2) is 89.3 Å². The molecule has 4 rings (SSSR count). The first-order valence-electron chi connectivity index (χ1n) is 12.6. The standard InChI is InChI=1S/C30H31O4.BF4/c1-4-5-6-19-33-28-17-7-22(8-18-28)25-20-29(23-9-13-26(31-2)14-10-23)34-30(21-25)24-11-15-27(32-3)16-12-24;2-1(3,4)5/h7-18,20-21H,4-6,19H2,1-3H3;/q+1;-1. The zero-order chi connectivity index (χ0) is 28.3. The Morgan fingerprint density at radius 3 is 1.41 bits per heavy atom. The van der Waals surface area contributed by atoms with Gasteiger partial charge in [0.15, 0.2) is 0 Å². The van der Waals surface area contributed by atoms with E-state index in [0.717, 1.165) is 64.1 Å². The summed E-state index contributed by atoms with van der Waals surface area (Å²) in [5, 5.41) is 0. The first kappa shape index (κ1) is 29.5. The number of hydrogen-bond donors (Lipinski definition) is 0. The Morgan fingerprint density at radius 1 is 0.590 bits per heavy atom. The van der Waals surface area contributed by atoms with Crippen molar-refractivity contribution in [2.75, 3.05) is 20.8 Å². The lowest BCUT2D eigenvalue weighted by atomic mass is 10.0. The molecule has 1 aromatic heterocycles. The quantitative estimate of drug-likeness (QED) is 0.0866. The third-order valence-electron chi connectivity index (χ3n) is 5.75. The summed E-state index contributed by atoms with van der Waals surface area (Å²) in [5.41, 5.74) is 4.13. The van der Waals surface area contributed by atoms with Crippen molar-refractivity contribution in [3.63, 3.8) is 0 Å². The molecule has 0 saturated carbocycles. The molecule has 0 saturated heterocycles. The minimum absolute atomic E-state index is 0.751. The van der Waals surface area contributed by atoms with Gasteiger partial charge < -0.3 is 31.5 Å².